The molecule has 154 valence electrons. The van der Waals surface area contributed by atoms with Gasteiger partial charge in [0.15, 0.2) is 0 Å². The maximum absolute atomic E-state index is 12.4. The predicted octanol–water partition coefficient (Wildman–Crippen LogP) is 4.27. The van der Waals surface area contributed by atoms with Crippen molar-refractivity contribution in [3.05, 3.63) is 59.4 Å². The van der Waals surface area contributed by atoms with Gasteiger partial charge in [-0.2, -0.15) is 0 Å². The summed E-state index contributed by atoms with van der Waals surface area (Å²) in [5.41, 5.74) is 11.6. The van der Waals surface area contributed by atoms with Crippen molar-refractivity contribution in [3.8, 4) is 16.9 Å². The third kappa shape index (κ3) is 4.53. The van der Waals surface area contributed by atoms with E-state index >= 15 is 0 Å². The molecule has 1 aromatic carbocycles. The van der Waals surface area contributed by atoms with Gasteiger partial charge in [-0.3, -0.25) is 4.79 Å². The van der Waals surface area contributed by atoms with Gasteiger partial charge in [-0.25, -0.2) is 4.98 Å². The third-order valence-corrected chi connectivity index (χ3v) is 5.43. The minimum absolute atomic E-state index is 0.384. The topological polar surface area (TPSA) is 85.9 Å². The molecule has 3 aromatic rings. The Morgan fingerprint density at radius 3 is 2.55 bits per heavy atom. The van der Waals surface area contributed by atoms with E-state index in [1.165, 1.54) is 5.69 Å². The van der Waals surface area contributed by atoms with E-state index in [0.717, 1.165) is 66.9 Å². The largest absolute Gasteiger partial charge is 0.497 e. The molecule has 6 heteroatoms. The lowest BCUT2D eigenvalue weighted by molar-refractivity contribution is 0.1000. The highest BCUT2D eigenvalue weighted by Gasteiger charge is 2.24. The number of nitrogens with two attached hydrogens (primary N) is 1. The number of hydrogen-bond donors (Lipinski definition) is 2. The number of hydrogen-bond acceptors (Lipinski definition) is 3. The molecular weight excluding hydrogens is 364 g/mol. The summed E-state index contributed by atoms with van der Waals surface area (Å²) in [6.07, 6.45) is 8.63. The maximum atomic E-state index is 12.4. The van der Waals surface area contributed by atoms with E-state index in [4.69, 9.17) is 10.5 Å². The highest BCUT2D eigenvalue weighted by atomic mass is 16.5. The zero-order chi connectivity index (χ0) is 20.8. The molecule has 1 amide bonds. The number of rotatable bonds is 10. The van der Waals surface area contributed by atoms with Crippen molar-refractivity contribution in [3.63, 3.8) is 0 Å². The molecule has 0 saturated carbocycles. The molecule has 6 nitrogen and oxygen atoms in total. The molecule has 0 spiro atoms. The number of aromatic amines is 1. The van der Waals surface area contributed by atoms with Crippen molar-refractivity contribution in [2.24, 2.45) is 5.73 Å². The second kappa shape index (κ2) is 9.45. The molecule has 0 bridgehead atoms. The Bertz CT molecular complexity index is 940. The van der Waals surface area contributed by atoms with Crippen molar-refractivity contribution in [2.45, 2.75) is 52.5 Å². The molecule has 29 heavy (non-hydrogen) atoms. The number of benzene rings is 1. The van der Waals surface area contributed by atoms with Gasteiger partial charge in [-0.1, -0.05) is 31.9 Å². The summed E-state index contributed by atoms with van der Waals surface area (Å²) in [5.74, 6) is 0.405. The number of unbranched alkanes of at least 4 members (excludes halogenated alkanes) is 2. The van der Waals surface area contributed by atoms with Crippen molar-refractivity contribution in [2.75, 3.05) is 7.11 Å². The van der Waals surface area contributed by atoms with Crippen LogP contribution < -0.4 is 10.5 Å². The number of H-pyrrole nitrogens is 1. The van der Waals surface area contributed by atoms with Gasteiger partial charge >= 0.3 is 0 Å². The summed E-state index contributed by atoms with van der Waals surface area (Å²) in [5, 5.41) is 0. The Hall–Kier alpha value is -3.02. The molecule has 0 radical (unpaired) electrons. The van der Waals surface area contributed by atoms with Gasteiger partial charge in [-0.15, -0.1) is 0 Å². The van der Waals surface area contributed by atoms with Crippen molar-refractivity contribution in [1.29, 1.82) is 0 Å². The van der Waals surface area contributed by atoms with E-state index in [2.05, 4.69) is 21.5 Å². The van der Waals surface area contributed by atoms with Crippen LogP contribution in [0.5, 0.6) is 5.75 Å². The summed E-state index contributed by atoms with van der Waals surface area (Å²) in [7, 11) is 1.65. The number of nitrogens with zero attached hydrogens (tertiary/aromatic N) is 2. The highest BCUT2D eigenvalue weighted by Crippen LogP contribution is 2.35. The van der Waals surface area contributed by atoms with Crippen LogP contribution in [-0.4, -0.2) is 27.6 Å². The standard InChI is InChI=1S/C23H30N4O2/c1-4-5-6-7-20-22(17-8-10-19(29-3)11-9-17)21(23(24)28)16(2)27(20)13-12-18-14-25-15-26-18/h8-11,14-15H,4-7,12-13H2,1-3H3,(H2,24,28)(H,25,26). The smallest absolute Gasteiger partial charge is 0.251 e. The Kier molecular flexibility index (Phi) is 6.75. The number of methoxy groups -OCH3 is 1. The monoisotopic (exact) mass is 394 g/mol. The van der Waals surface area contributed by atoms with Crippen molar-refractivity contribution >= 4 is 5.91 Å². The first-order valence-electron chi connectivity index (χ1n) is 10.2. The van der Waals surface area contributed by atoms with Crippen LogP contribution in [0.4, 0.5) is 0 Å². The Labute approximate surface area is 172 Å². The fourth-order valence-electron chi connectivity index (χ4n) is 3.93. The van der Waals surface area contributed by atoms with Gasteiger partial charge in [0.1, 0.15) is 5.75 Å². The molecule has 2 heterocycles. The number of aromatic nitrogens is 3. The normalized spacial score (nSPS) is 11.0. The zero-order valence-corrected chi connectivity index (χ0v) is 17.5. The van der Waals surface area contributed by atoms with Crippen LogP contribution in [0.1, 0.15) is 53.6 Å². The molecule has 0 fully saturated rings. The molecule has 0 aliphatic carbocycles. The molecule has 0 atom stereocenters. The molecule has 3 rings (SSSR count). The molecule has 0 aliphatic rings. The van der Waals surface area contributed by atoms with Gasteiger partial charge in [0.25, 0.3) is 5.91 Å². The first-order valence-corrected chi connectivity index (χ1v) is 10.2. The SMILES string of the molecule is CCCCCc1c(-c2ccc(OC)cc2)c(C(N)=O)c(C)n1CCc1cnc[nH]1. The van der Waals surface area contributed by atoms with Gasteiger partial charge in [0.2, 0.25) is 0 Å². The quantitative estimate of drug-likeness (QED) is 0.504. The number of carbonyl (C=O) groups excluding carboxylic acids is 1. The number of amides is 1. The van der Waals surface area contributed by atoms with Crippen LogP contribution in [0.2, 0.25) is 0 Å². The Morgan fingerprint density at radius 2 is 1.97 bits per heavy atom. The Morgan fingerprint density at radius 1 is 1.21 bits per heavy atom. The van der Waals surface area contributed by atoms with E-state index in [9.17, 15) is 4.79 Å². The van der Waals surface area contributed by atoms with Gasteiger partial charge < -0.3 is 20.0 Å². The number of ether oxygens (including phenoxy) is 1. The summed E-state index contributed by atoms with van der Waals surface area (Å²) >= 11 is 0. The maximum Gasteiger partial charge on any atom is 0.251 e. The minimum atomic E-state index is -0.384. The van der Waals surface area contributed by atoms with Crippen molar-refractivity contribution < 1.29 is 9.53 Å². The van der Waals surface area contributed by atoms with Crippen LogP contribution in [0.15, 0.2) is 36.8 Å². The summed E-state index contributed by atoms with van der Waals surface area (Å²) in [6.45, 7) is 4.96. The number of aryl methyl sites for hydroxylation is 1. The van der Waals surface area contributed by atoms with Crippen LogP contribution in [0, 0.1) is 6.92 Å². The minimum Gasteiger partial charge on any atom is -0.497 e. The molecular formula is C23H30N4O2. The van der Waals surface area contributed by atoms with E-state index in [-0.39, 0.29) is 5.91 Å². The summed E-state index contributed by atoms with van der Waals surface area (Å²) in [4.78, 5) is 19.7. The average Bonchev–Trinajstić information content (AvgIpc) is 3.33. The van der Waals surface area contributed by atoms with E-state index in [1.54, 1.807) is 13.4 Å². The number of imidazole rings is 1. The number of nitrogens with one attached hydrogen (secondary N) is 1. The first kappa shape index (κ1) is 20.7. The summed E-state index contributed by atoms with van der Waals surface area (Å²) < 4.78 is 7.56. The molecule has 0 saturated heterocycles. The lowest BCUT2D eigenvalue weighted by Crippen LogP contribution is -2.14. The lowest BCUT2D eigenvalue weighted by atomic mass is 9.97. The predicted molar refractivity (Wildman–Crippen MR) is 115 cm³/mol. The van der Waals surface area contributed by atoms with Crippen LogP contribution in [0.3, 0.4) is 0 Å². The van der Waals surface area contributed by atoms with Crippen LogP contribution in [0.25, 0.3) is 11.1 Å². The molecule has 3 N–H and O–H groups in total. The van der Waals surface area contributed by atoms with Crippen LogP contribution in [-0.2, 0) is 19.4 Å². The number of primary amides is 1. The van der Waals surface area contributed by atoms with Gasteiger partial charge in [0.05, 0.1) is 19.0 Å². The Balaban J connectivity index is 2.08. The highest BCUT2D eigenvalue weighted by molar-refractivity contribution is 6.02. The fraction of sp³-hybridized carbons (Fsp3) is 0.391. The lowest BCUT2D eigenvalue weighted by Gasteiger charge is -2.13. The summed E-state index contributed by atoms with van der Waals surface area (Å²) in [6, 6.07) is 7.85. The van der Waals surface area contributed by atoms with Gasteiger partial charge in [-0.05, 0) is 37.5 Å². The zero-order valence-electron chi connectivity index (χ0n) is 17.5. The average molecular weight is 395 g/mol. The van der Waals surface area contributed by atoms with E-state index in [1.807, 2.05) is 37.4 Å². The molecule has 2 aromatic heterocycles. The van der Waals surface area contributed by atoms with E-state index < -0.39 is 0 Å². The second-order valence-electron chi connectivity index (χ2n) is 7.31. The third-order valence-electron chi connectivity index (χ3n) is 5.43. The van der Waals surface area contributed by atoms with E-state index in [0.29, 0.717) is 5.56 Å². The molecule has 0 aliphatic heterocycles. The fourth-order valence-corrected chi connectivity index (χ4v) is 3.93. The second-order valence-corrected chi connectivity index (χ2v) is 7.31. The van der Waals surface area contributed by atoms with Gasteiger partial charge in [0, 0.05) is 41.8 Å². The van der Waals surface area contributed by atoms with Crippen LogP contribution >= 0.6 is 0 Å². The van der Waals surface area contributed by atoms with Crippen molar-refractivity contribution in [1.82, 2.24) is 14.5 Å². The first-order chi connectivity index (χ1) is 14.1. The number of carbonyl (C=O) groups is 1. The molecule has 0 unspecified atom stereocenters.